The molecule has 9 heteroatoms. The van der Waals surface area contributed by atoms with Crippen molar-refractivity contribution < 1.29 is 29.0 Å². The van der Waals surface area contributed by atoms with Crippen molar-refractivity contribution in [3.63, 3.8) is 0 Å². The van der Waals surface area contributed by atoms with Gasteiger partial charge in [0.25, 0.3) is 6.47 Å². The van der Waals surface area contributed by atoms with Crippen molar-refractivity contribution in [2.75, 3.05) is 39.8 Å². The fraction of sp³-hybridized carbons (Fsp3) is 0.526. The summed E-state index contributed by atoms with van der Waals surface area (Å²) in [6.07, 6.45) is -0.0678. The normalized spacial score (nSPS) is 23.0. The maximum absolute atomic E-state index is 13.0. The first-order chi connectivity index (χ1) is 13.3. The number of hydrogen-bond acceptors (Lipinski definition) is 5. The first-order valence-corrected chi connectivity index (χ1v) is 9.11. The Morgan fingerprint density at radius 1 is 1.25 bits per heavy atom. The van der Waals surface area contributed by atoms with E-state index in [9.17, 15) is 19.1 Å². The SMILES string of the molecule is CN1CC[C@@H](O)[C@H](C(=O)N2CCN(Cc3ccc(F)cc3)C(=O)C2)C1.O=CO. The lowest BCUT2D eigenvalue weighted by atomic mass is 9.93. The number of benzene rings is 1. The smallest absolute Gasteiger partial charge is 0.290 e. The average Bonchev–Trinajstić information content (AvgIpc) is 2.67. The molecule has 8 nitrogen and oxygen atoms in total. The lowest BCUT2D eigenvalue weighted by Crippen LogP contribution is -2.56. The molecule has 0 unspecified atom stereocenters. The standard InChI is InChI=1S/C18H24FN3O3.CH2O2/c1-20-7-6-16(23)15(11-20)18(25)22-9-8-21(17(24)12-22)10-13-2-4-14(19)5-3-13;2-1-3/h2-5,15-16,23H,6-12H2,1H3;1H,(H,2,3)/t15-,16-;/m1./s1. The van der Waals surface area contributed by atoms with Crippen LogP contribution in [0, 0.1) is 11.7 Å². The van der Waals surface area contributed by atoms with Gasteiger partial charge in [-0.15, -0.1) is 0 Å². The third-order valence-corrected chi connectivity index (χ3v) is 5.01. The summed E-state index contributed by atoms with van der Waals surface area (Å²) in [4.78, 5) is 38.7. The number of halogens is 1. The molecule has 2 fully saturated rings. The summed E-state index contributed by atoms with van der Waals surface area (Å²) in [5.74, 6) is -1.03. The Labute approximate surface area is 163 Å². The van der Waals surface area contributed by atoms with Crippen LogP contribution < -0.4 is 0 Å². The Morgan fingerprint density at radius 3 is 2.50 bits per heavy atom. The van der Waals surface area contributed by atoms with Crippen LogP contribution in [0.4, 0.5) is 4.39 Å². The second-order valence-corrected chi connectivity index (χ2v) is 7.03. The van der Waals surface area contributed by atoms with E-state index >= 15 is 0 Å². The third-order valence-electron chi connectivity index (χ3n) is 5.01. The van der Waals surface area contributed by atoms with E-state index in [-0.39, 0.29) is 30.6 Å². The van der Waals surface area contributed by atoms with Crippen LogP contribution in [0.2, 0.25) is 0 Å². The Bertz CT molecular complexity index is 685. The maximum atomic E-state index is 13.0. The number of carboxylic acid groups (broad SMARTS) is 1. The quantitative estimate of drug-likeness (QED) is 0.700. The first kappa shape index (κ1) is 21.8. The summed E-state index contributed by atoms with van der Waals surface area (Å²) >= 11 is 0. The fourth-order valence-corrected chi connectivity index (χ4v) is 3.45. The lowest BCUT2D eigenvalue weighted by molar-refractivity contribution is -0.152. The highest BCUT2D eigenvalue weighted by atomic mass is 19.1. The van der Waals surface area contributed by atoms with Gasteiger partial charge in [0.05, 0.1) is 18.6 Å². The summed E-state index contributed by atoms with van der Waals surface area (Å²) in [5.41, 5.74) is 0.860. The van der Waals surface area contributed by atoms with Crippen molar-refractivity contribution >= 4 is 18.3 Å². The van der Waals surface area contributed by atoms with Gasteiger partial charge in [0.15, 0.2) is 0 Å². The second-order valence-electron chi connectivity index (χ2n) is 7.03. The average molecular weight is 395 g/mol. The Kier molecular flexibility index (Phi) is 7.89. The Morgan fingerprint density at radius 2 is 1.89 bits per heavy atom. The predicted molar refractivity (Wildman–Crippen MR) is 98.7 cm³/mol. The highest BCUT2D eigenvalue weighted by Gasteiger charge is 2.37. The number of aliphatic hydroxyl groups excluding tert-OH is 1. The lowest BCUT2D eigenvalue weighted by Gasteiger charge is -2.39. The van der Waals surface area contributed by atoms with E-state index in [1.165, 1.54) is 12.1 Å². The van der Waals surface area contributed by atoms with Crippen LogP contribution in [0.15, 0.2) is 24.3 Å². The van der Waals surface area contributed by atoms with E-state index in [2.05, 4.69) is 0 Å². The molecule has 0 aliphatic carbocycles. The van der Waals surface area contributed by atoms with Crippen LogP contribution in [-0.4, -0.2) is 89.1 Å². The van der Waals surface area contributed by atoms with Gasteiger partial charge >= 0.3 is 0 Å². The van der Waals surface area contributed by atoms with Crippen LogP contribution >= 0.6 is 0 Å². The number of likely N-dealkylation sites (tertiary alicyclic amines) is 1. The second kappa shape index (κ2) is 10.1. The van der Waals surface area contributed by atoms with E-state index in [1.807, 2.05) is 11.9 Å². The van der Waals surface area contributed by atoms with Crippen molar-refractivity contribution in [2.45, 2.75) is 19.1 Å². The van der Waals surface area contributed by atoms with Gasteiger partial charge in [-0.2, -0.15) is 0 Å². The summed E-state index contributed by atoms with van der Waals surface area (Å²) < 4.78 is 13.0. The molecule has 0 radical (unpaired) electrons. The molecule has 2 amide bonds. The van der Waals surface area contributed by atoms with Crippen molar-refractivity contribution in [1.82, 2.24) is 14.7 Å². The monoisotopic (exact) mass is 395 g/mol. The first-order valence-electron chi connectivity index (χ1n) is 9.11. The molecule has 2 heterocycles. The molecule has 2 saturated heterocycles. The summed E-state index contributed by atoms with van der Waals surface area (Å²) in [5, 5.41) is 17.0. The third kappa shape index (κ3) is 5.74. The van der Waals surface area contributed by atoms with Gasteiger partial charge < -0.3 is 24.9 Å². The summed E-state index contributed by atoms with van der Waals surface area (Å²) in [7, 11) is 1.93. The van der Waals surface area contributed by atoms with Crippen molar-refractivity contribution in [3.05, 3.63) is 35.6 Å². The minimum absolute atomic E-state index is 0.0347. The zero-order valence-corrected chi connectivity index (χ0v) is 15.8. The number of rotatable bonds is 3. The molecular formula is C19H26FN3O5. The molecule has 0 aromatic heterocycles. The minimum atomic E-state index is -0.643. The molecular weight excluding hydrogens is 369 g/mol. The molecule has 2 aliphatic heterocycles. The molecule has 3 rings (SSSR count). The highest BCUT2D eigenvalue weighted by Crippen LogP contribution is 2.20. The predicted octanol–water partition coefficient (Wildman–Crippen LogP) is 0.00990. The molecule has 0 bridgehead atoms. The van der Waals surface area contributed by atoms with Gasteiger partial charge in [-0.1, -0.05) is 12.1 Å². The number of piperazine rings is 1. The van der Waals surface area contributed by atoms with Gasteiger partial charge in [0, 0.05) is 32.7 Å². The molecule has 0 spiro atoms. The van der Waals surface area contributed by atoms with E-state index in [0.29, 0.717) is 32.6 Å². The van der Waals surface area contributed by atoms with E-state index < -0.39 is 12.0 Å². The molecule has 154 valence electrons. The van der Waals surface area contributed by atoms with Crippen LogP contribution in [-0.2, 0) is 20.9 Å². The van der Waals surface area contributed by atoms with E-state index in [4.69, 9.17) is 9.90 Å². The summed E-state index contributed by atoms with van der Waals surface area (Å²) in [6.45, 7) is 2.39. The molecule has 1 aromatic carbocycles. The van der Waals surface area contributed by atoms with Crippen LogP contribution in [0.25, 0.3) is 0 Å². The van der Waals surface area contributed by atoms with Gasteiger partial charge in [-0.05, 0) is 31.2 Å². The van der Waals surface area contributed by atoms with Crippen LogP contribution in [0.3, 0.4) is 0 Å². The number of hydrogen-bond donors (Lipinski definition) is 2. The zero-order chi connectivity index (χ0) is 20.7. The molecule has 28 heavy (non-hydrogen) atoms. The topological polar surface area (TPSA) is 101 Å². The molecule has 1 aromatic rings. The number of aliphatic hydroxyl groups is 1. The van der Waals surface area contributed by atoms with Gasteiger partial charge in [-0.3, -0.25) is 14.4 Å². The van der Waals surface area contributed by atoms with Gasteiger partial charge in [0.2, 0.25) is 11.8 Å². The van der Waals surface area contributed by atoms with E-state index in [1.54, 1.807) is 21.9 Å². The number of amides is 2. The van der Waals surface area contributed by atoms with Crippen LogP contribution in [0.1, 0.15) is 12.0 Å². The van der Waals surface area contributed by atoms with Crippen LogP contribution in [0.5, 0.6) is 0 Å². The Balaban J connectivity index is 0.000000878. The van der Waals surface area contributed by atoms with Crippen molar-refractivity contribution in [2.24, 2.45) is 5.92 Å². The number of nitrogens with zero attached hydrogens (tertiary/aromatic N) is 3. The van der Waals surface area contributed by atoms with E-state index in [0.717, 1.165) is 12.1 Å². The largest absolute Gasteiger partial charge is 0.483 e. The fourth-order valence-electron chi connectivity index (χ4n) is 3.45. The maximum Gasteiger partial charge on any atom is 0.290 e. The zero-order valence-electron chi connectivity index (χ0n) is 15.8. The molecule has 2 atom stereocenters. The number of carbonyl (C=O) groups is 3. The van der Waals surface area contributed by atoms with Crippen molar-refractivity contribution in [1.29, 1.82) is 0 Å². The minimum Gasteiger partial charge on any atom is -0.483 e. The Hall–Kier alpha value is -2.52. The number of carbonyl (C=O) groups excluding carboxylic acids is 2. The number of piperidine rings is 1. The van der Waals surface area contributed by atoms with Gasteiger partial charge in [0.1, 0.15) is 5.82 Å². The summed E-state index contributed by atoms with van der Waals surface area (Å²) in [6, 6.07) is 6.07. The highest BCUT2D eigenvalue weighted by molar-refractivity contribution is 5.87. The molecule has 2 aliphatic rings. The molecule has 2 N–H and O–H groups in total. The van der Waals surface area contributed by atoms with Gasteiger partial charge in [-0.25, -0.2) is 4.39 Å². The van der Waals surface area contributed by atoms with Crippen molar-refractivity contribution in [3.8, 4) is 0 Å². The molecule has 0 saturated carbocycles.